The molecule has 0 N–H and O–H groups in total. The molecule has 1 atom stereocenters. The second-order valence-electron chi connectivity index (χ2n) is 7.58. The summed E-state index contributed by atoms with van der Waals surface area (Å²) in [6, 6.07) is 16.8. The number of hydrogen-bond donors (Lipinski definition) is 0. The summed E-state index contributed by atoms with van der Waals surface area (Å²) in [6.07, 6.45) is 5.32. The molecule has 152 valence electrons. The Bertz CT molecular complexity index is 861. The average Bonchev–Trinajstić information content (AvgIpc) is 3.23. The molecule has 4 rings (SSSR count). The summed E-state index contributed by atoms with van der Waals surface area (Å²) >= 11 is 0. The molecule has 3 aromatic rings. The predicted octanol–water partition coefficient (Wildman–Crippen LogP) is 2.76. The van der Waals surface area contributed by atoms with Gasteiger partial charge in [0.15, 0.2) is 5.82 Å². The number of hydrogen-bond acceptors (Lipinski definition) is 6. The first-order valence-corrected chi connectivity index (χ1v) is 10.3. The van der Waals surface area contributed by atoms with Crippen LogP contribution in [0.2, 0.25) is 0 Å². The molecule has 0 saturated carbocycles. The third-order valence-electron chi connectivity index (χ3n) is 5.66. The summed E-state index contributed by atoms with van der Waals surface area (Å²) in [5.74, 6) is 1.55. The van der Waals surface area contributed by atoms with Crippen molar-refractivity contribution in [2.75, 3.05) is 26.8 Å². The van der Waals surface area contributed by atoms with Gasteiger partial charge in [0.05, 0.1) is 18.8 Å². The van der Waals surface area contributed by atoms with Crippen molar-refractivity contribution in [1.82, 2.24) is 30.1 Å². The highest BCUT2D eigenvalue weighted by molar-refractivity contribution is 5.18. The second kappa shape index (κ2) is 9.71. The zero-order chi connectivity index (χ0) is 19.9. The van der Waals surface area contributed by atoms with Gasteiger partial charge in [-0.3, -0.25) is 9.88 Å². The maximum absolute atomic E-state index is 5.23. The summed E-state index contributed by atoms with van der Waals surface area (Å²) in [7, 11) is 1.69. The van der Waals surface area contributed by atoms with Gasteiger partial charge in [0.2, 0.25) is 0 Å². The summed E-state index contributed by atoms with van der Waals surface area (Å²) in [5.41, 5.74) is 2.42. The normalized spacial score (nSPS) is 16.7. The molecule has 29 heavy (non-hydrogen) atoms. The number of piperidine rings is 1. The average molecular weight is 393 g/mol. The van der Waals surface area contributed by atoms with E-state index >= 15 is 0 Å². The monoisotopic (exact) mass is 392 g/mol. The number of rotatable bonds is 8. The van der Waals surface area contributed by atoms with Gasteiger partial charge in [-0.2, -0.15) is 0 Å². The van der Waals surface area contributed by atoms with Gasteiger partial charge in [-0.05, 0) is 66.4 Å². The zero-order valence-electron chi connectivity index (χ0n) is 16.9. The molecule has 1 fully saturated rings. The number of ether oxygens (including phenoxy) is 1. The standard InChI is InChI=1S/C22H28N6O/c1-29-16-15-28-22(24-25-26-28)21(20-9-5-6-12-23-20)27-13-10-19(11-14-27)17-18-7-3-2-4-8-18/h2-9,12,19,21H,10-11,13-17H2,1H3. The Morgan fingerprint density at radius 2 is 1.86 bits per heavy atom. The van der Waals surface area contributed by atoms with E-state index in [2.05, 4.69) is 61.8 Å². The molecule has 0 bridgehead atoms. The van der Waals surface area contributed by atoms with E-state index in [1.165, 1.54) is 5.56 Å². The molecule has 7 heteroatoms. The number of pyridine rings is 1. The molecule has 2 aromatic heterocycles. The lowest BCUT2D eigenvalue weighted by atomic mass is 9.89. The number of likely N-dealkylation sites (tertiary alicyclic amines) is 1. The van der Waals surface area contributed by atoms with Crippen molar-refractivity contribution >= 4 is 0 Å². The third-order valence-corrected chi connectivity index (χ3v) is 5.66. The summed E-state index contributed by atoms with van der Waals surface area (Å²) in [6.45, 7) is 3.23. The van der Waals surface area contributed by atoms with E-state index in [9.17, 15) is 0 Å². The van der Waals surface area contributed by atoms with Crippen LogP contribution < -0.4 is 0 Å². The molecule has 1 unspecified atom stereocenters. The van der Waals surface area contributed by atoms with Crippen molar-refractivity contribution in [3.63, 3.8) is 0 Å². The van der Waals surface area contributed by atoms with Crippen LogP contribution in [0.3, 0.4) is 0 Å². The van der Waals surface area contributed by atoms with Crippen molar-refractivity contribution < 1.29 is 4.74 Å². The van der Waals surface area contributed by atoms with Crippen LogP contribution in [0.4, 0.5) is 0 Å². The Hall–Kier alpha value is -2.64. The van der Waals surface area contributed by atoms with Crippen molar-refractivity contribution in [2.24, 2.45) is 5.92 Å². The van der Waals surface area contributed by atoms with E-state index in [0.29, 0.717) is 19.1 Å². The highest BCUT2D eigenvalue weighted by Crippen LogP contribution is 2.31. The lowest BCUT2D eigenvalue weighted by Gasteiger charge is -2.36. The molecule has 0 amide bonds. The molecule has 1 aliphatic rings. The van der Waals surface area contributed by atoms with E-state index in [4.69, 9.17) is 4.74 Å². The van der Waals surface area contributed by atoms with Gasteiger partial charge in [0.25, 0.3) is 0 Å². The van der Waals surface area contributed by atoms with Crippen LogP contribution in [-0.2, 0) is 17.7 Å². The number of methoxy groups -OCH3 is 1. The van der Waals surface area contributed by atoms with Crippen molar-refractivity contribution in [3.05, 3.63) is 71.8 Å². The van der Waals surface area contributed by atoms with Gasteiger partial charge in [-0.1, -0.05) is 36.4 Å². The molecular weight excluding hydrogens is 364 g/mol. The van der Waals surface area contributed by atoms with Gasteiger partial charge in [0, 0.05) is 13.3 Å². The van der Waals surface area contributed by atoms with E-state index in [1.54, 1.807) is 7.11 Å². The number of tetrazole rings is 1. The van der Waals surface area contributed by atoms with Crippen molar-refractivity contribution in [1.29, 1.82) is 0 Å². The van der Waals surface area contributed by atoms with Crippen molar-refractivity contribution in [3.8, 4) is 0 Å². The number of benzene rings is 1. The van der Waals surface area contributed by atoms with Gasteiger partial charge in [0.1, 0.15) is 6.04 Å². The molecule has 1 aliphatic heterocycles. The fraction of sp³-hybridized carbons (Fsp3) is 0.455. The minimum absolute atomic E-state index is 0.0410. The van der Waals surface area contributed by atoms with E-state index < -0.39 is 0 Å². The van der Waals surface area contributed by atoms with Gasteiger partial charge >= 0.3 is 0 Å². The van der Waals surface area contributed by atoms with E-state index in [0.717, 1.165) is 43.9 Å². The Morgan fingerprint density at radius 1 is 1.07 bits per heavy atom. The van der Waals surface area contributed by atoms with Crippen LogP contribution in [0.25, 0.3) is 0 Å². The second-order valence-corrected chi connectivity index (χ2v) is 7.58. The first-order valence-electron chi connectivity index (χ1n) is 10.3. The summed E-state index contributed by atoms with van der Waals surface area (Å²) in [4.78, 5) is 7.11. The van der Waals surface area contributed by atoms with Gasteiger partial charge in [-0.25, -0.2) is 4.68 Å². The minimum Gasteiger partial charge on any atom is -0.383 e. The minimum atomic E-state index is -0.0410. The maximum atomic E-state index is 5.23. The van der Waals surface area contributed by atoms with Gasteiger partial charge in [-0.15, -0.1) is 5.10 Å². The van der Waals surface area contributed by atoms with Crippen LogP contribution in [0.1, 0.15) is 36.0 Å². The Labute approximate surface area is 171 Å². The zero-order valence-corrected chi connectivity index (χ0v) is 16.9. The van der Waals surface area contributed by atoms with Crippen LogP contribution in [0.15, 0.2) is 54.7 Å². The summed E-state index contributed by atoms with van der Waals surface area (Å²) in [5, 5.41) is 12.5. The highest BCUT2D eigenvalue weighted by atomic mass is 16.5. The Kier molecular flexibility index (Phi) is 6.59. The SMILES string of the molecule is COCCn1nnnc1C(c1ccccn1)N1CCC(Cc2ccccc2)CC1. The first-order chi connectivity index (χ1) is 14.3. The quantitative estimate of drug-likeness (QED) is 0.587. The highest BCUT2D eigenvalue weighted by Gasteiger charge is 2.32. The van der Waals surface area contributed by atoms with E-state index in [1.807, 2.05) is 23.0 Å². The molecule has 0 aliphatic carbocycles. The Balaban J connectivity index is 1.50. The smallest absolute Gasteiger partial charge is 0.174 e. The van der Waals surface area contributed by atoms with Crippen LogP contribution in [0.5, 0.6) is 0 Å². The topological polar surface area (TPSA) is 69.0 Å². The fourth-order valence-electron chi connectivity index (χ4n) is 4.13. The van der Waals surface area contributed by atoms with Crippen molar-refractivity contribution in [2.45, 2.75) is 31.8 Å². The molecular formula is C22H28N6O. The lowest BCUT2D eigenvalue weighted by Crippen LogP contribution is -2.39. The molecule has 1 saturated heterocycles. The third kappa shape index (κ3) is 4.86. The number of nitrogens with zero attached hydrogens (tertiary/aromatic N) is 6. The lowest BCUT2D eigenvalue weighted by molar-refractivity contribution is 0.137. The first kappa shape index (κ1) is 19.7. The molecule has 3 heterocycles. The number of aromatic nitrogens is 5. The predicted molar refractivity (Wildman–Crippen MR) is 110 cm³/mol. The largest absolute Gasteiger partial charge is 0.383 e. The van der Waals surface area contributed by atoms with Crippen LogP contribution in [0, 0.1) is 5.92 Å². The molecule has 0 spiro atoms. The van der Waals surface area contributed by atoms with E-state index in [-0.39, 0.29) is 6.04 Å². The van der Waals surface area contributed by atoms with Crippen LogP contribution >= 0.6 is 0 Å². The Morgan fingerprint density at radius 3 is 2.59 bits per heavy atom. The molecule has 0 radical (unpaired) electrons. The molecule has 1 aromatic carbocycles. The molecule has 7 nitrogen and oxygen atoms in total. The summed E-state index contributed by atoms with van der Waals surface area (Å²) < 4.78 is 7.07. The van der Waals surface area contributed by atoms with Crippen LogP contribution in [-0.4, -0.2) is 56.9 Å². The maximum Gasteiger partial charge on any atom is 0.174 e. The van der Waals surface area contributed by atoms with Gasteiger partial charge < -0.3 is 4.74 Å². The fourth-order valence-corrected chi connectivity index (χ4v) is 4.13.